The van der Waals surface area contributed by atoms with Gasteiger partial charge in [-0.15, -0.1) is 0 Å². The third kappa shape index (κ3) is 5.56. The molecule has 1 atom stereocenters. The highest BCUT2D eigenvalue weighted by Gasteiger charge is 2.33. The molecule has 134 valence electrons. The summed E-state index contributed by atoms with van der Waals surface area (Å²) in [5, 5.41) is 2.64. The first kappa shape index (κ1) is 20.6. The van der Waals surface area contributed by atoms with E-state index in [0.717, 1.165) is 0 Å². The van der Waals surface area contributed by atoms with Crippen LogP contribution in [0.3, 0.4) is 0 Å². The van der Waals surface area contributed by atoms with E-state index in [0.29, 0.717) is 25.2 Å². The molecule has 8 heteroatoms. The number of amides is 2. The smallest absolute Gasteiger partial charge is 0.410 e. The van der Waals surface area contributed by atoms with Crippen LogP contribution in [0.2, 0.25) is 5.02 Å². The Labute approximate surface area is 152 Å². The Hall–Kier alpha value is -1.47. The minimum Gasteiger partial charge on any atom is -0.444 e. The van der Waals surface area contributed by atoms with Gasteiger partial charge in [0.15, 0.2) is 0 Å². The van der Waals surface area contributed by atoms with Gasteiger partial charge in [-0.1, -0.05) is 11.6 Å². The summed E-state index contributed by atoms with van der Waals surface area (Å²) >= 11 is 5.69. The number of halogens is 2. The first-order valence-corrected chi connectivity index (χ1v) is 7.77. The maximum atomic E-state index is 13.1. The van der Waals surface area contributed by atoms with E-state index in [-0.39, 0.29) is 30.3 Å². The lowest BCUT2D eigenvalue weighted by Gasteiger charge is -2.24. The number of ether oxygens (including phenoxy) is 1. The number of carbonyl (C=O) groups excluding carboxylic acids is 2. The molecule has 0 saturated carbocycles. The number of nitrogens with one attached hydrogen (secondary N) is 1. The molecule has 0 unspecified atom stereocenters. The van der Waals surface area contributed by atoms with Gasteiger partial charge in [-0.3, -0.25) is 4.79 Å². The van der Waals surface area contributed by atoms with Crippen molar-refractivity contribution < 1.29 is 18.7 Å². The second kappa shape index (κ2) is 8.07. The van der Waals surface area contributed by atoms with Crippen molar-refractivity contribution in [3.63, 3.8) is 0 Å². The molecule has 0 spiro atoms. The van der Waals surface area contributed by atoms with Crippen LogP contribution < -0.4 is 5.32 Å². The van der Waals surface area contributed by atoms with Crippen molar-refractivity contribution in [2.24, 2.45) is 5.92 Å². The van der Waals surface area contributed by atoms with Crippen molar-refractivity contribution in [2.45, 2.75) is 32.8 Å². The average molecular weight is 377 g/mol. The van der Waals surface area contributed by atoms with Crippen LogP contribution in [-0.2, 0) is 9.53 Å². The van der Waals surface area contributed by atoms with E-state index in [4.69, 9.17) is 16.3 Å². The minimum atomic E-state index is -0.567. The molecule has 1 aliphatic heterocycles. The zero-order chi connectivity index (χ0) is 17.2. The number of hydrogen-bond donors (Lipinski definition) is 1. The summed E-state index contributed by atoms with van der Waals surface area (Å²) in [6.07, 6.45) is 0.137. The van der Waals surface area contributed by atoms with Gasteiger partial charge in [0.1, 0.15) is 11.4 Å². The number of rotatable bonds is 2. The number of nitrogens with zero attached hydrogens (tertiary/aromatic N) is 1. The highest BCUT2D eigenvalue weighted by molar-refractivity contribution is 7.59. The molecule has 0 aliphatic carbocycles. The van der Waals surface area contributed by atoms with Crippen LogP contribution in [0, 0.1) is 11.7 Å². The summed E-state index contributed by atoms with van der Waals surface area (Å²) in [4.78, 5) is 25.7. The molecule has 1 N–H and O–H groups in total. The summed E-state index contributed by atoms with van der Waals surface area (Å²) in [5.74, 6) is -1.09. The Bertz CT molecular complexity index is 622. The molecule has 24 heavy (non-hydrogen) atoms. The Morgan fingerprint density at radius 2 is 2.04 bits per heavy atom. The minimum absolute atomic E-state index is 0. The van der Waals surface area contributed by atoms with Gasteiger partial charge in [-0.2, -0.15) is 13.5 Å². The Morgan fingerprint density at radius 1 is 1.38 bits per heavy atom. The van der Waals surface area contributed by atoms with Crippen molar-refractivity contribution in [3.05, 3.63) is 29.0 Å². The van der Waals surface area contributed by atoms with Crippen LogP contribution in [0.1, 0.15) is 27.2 Å². The van der Waals surface area contributed by atoms with Crippen LogP contribution in [0.25, 0.3) is 0 Å². The topological polar surface area (TPSA) is 58.6 Å². The van der Waals surface area contributed by atoms with E-state index < -0.39 is 17.5 Å². The third-order valence-electron chi connectivity index (χ3n) is 3.40. The summed E-state index contributed by atoms with van der Waals surface area (Å²) in [6, 6.07) is 3.99. The molecule has 1 fully saturated rings. The lowest BCUT2D eigenvalue weighted by atomic mass is 10.1. The number of likely N-dealkylation sites (tertiary alicyclic amines) is 1. The number of hydrogen-bond acceptors (Lipinski definition) is 3. The van der Waals surface area contributed by atoms with Gasteiger partial charge in [0.25, 0.3) is 0 Å². The van der Waals surface area contributed by atoms with Gasteiger partial charge in [0.2, 0.25) is 5.91 Å². The van der Waals surface area contributed by atoms with E-state index in [1.165, 1.54) is 23.1 Å². The lowest BCUT2D eigenvalue weighted by Crippen LogP contribution is -2.36. The van der Waals surface area contributed by atoms with E-state index in [1.807, 2.05) is 0 Å². The molecule has 0 radical (unpaired) electrons. The molecule has 0 bridgehead atoms. The highest BCUT2D eigenvalue weighted by atomic mass is 35.5. The van der Waals surface area contributed by atoms with Gasteiger partial charge >= 0.3 is 6.09 Å². The van der Waals surface area contributed by atoms with Crippen molar-refractivity contribution in [2.75, 3.05) is 18.4 Å². The van der Waals surface area contributed by atoms with Crippen LogP contribution in [0.4, 0.5) is 14.9 Å². The molecule has 1 saturated heterocycles. The zero-order valence-corrected chi connectivity index (χ0v) is 15.6. The largest absolute Gasteiger partial charge is 0.444 e. The van der Waals surface area contributed by atoms with Crippen molar-refractivity contribution >= 4 is 42.8 Å². The molecule has 2 amide bonds. The van der Waals surface area contributed by atoms with E-state index >= 15 is 0 Å². The van der Waals surface area contributed by atoms with E-state index in [1.54, 1.807) is 20.8 Å². The van der Waals surface area contributed by atoms with Crippen LogP contribution >= 0.6 is 25.1 Å². The second-order valence-electron chi connectivity index (χ2n) is 6.53. The standard InChI is InChI=1S/C16H20ClFN2O3.H2S/c1-16(2,3)23-15(22)20-7-6-10(9-20)14(21)19-11-4-5-13(18)12(17)8-11;/h4-5,8,10H,6-7,9H2,1-3H3,(H,19,21);1H2/t10-;/m0./s1. The zero-order valence-electron chi connectivity index (χ0n) is 13.9. The lowest BCUT2D eigenvalue weighted by molar-refractivity contribution is -0.119. The number of carbonyl (C=O) groups is 2. The van der Waals surface area contributed by atoms with Gasteiger partial charge in [0, 0.05) is 18.8 Å². The maximum absolute atomic E-state index is 13.1. The molecule has 2 rings (SSSR count). The van der Waals surface area contributed by atoms with E-state index in [2.05, 4.69) is 5.32 Å². The predicted octanol–water partition coefficient (Wildman–Crippen LogP) is 3.79. The van der Waals surface area contributed by atoms with E-state index in [9.17, 15) is 14.0 Å². The monoisotopic (exact) mass is 376 g/mol. The highest BCUT2D eigenvalue weighted by Crippen LogP contribution is 2.23. The SMILES string of the molecule is CC(C)(C)OC(=O)N1CC[C@H](C(=O)Nc2ccc(F)c(Cl)c2)C1.S. The fourth-order valence-electron chi connectivity index (χ4n) is 2.28. The first-order chi connectivity index (χ1) is 10.7. The van der Waals surface area contributed by atoms with Gasteiger partial charge in [-0.05, 0) is 45.4 Å². The molecule has 5 nitrogen and oxygen atoms in total. The van der Waals surface area contributed by atoms with Crippen molar-refractivity contribution in [3.8, 4) is 0 Å². The average Bonchev–Trinajstić information content (AvgIpc) is 2.91. The Kier molecular flexibility index (Phi) is 6.92. The second-order valence-corrected chi connectivity index (χ2v) is 6.94. The molecule has 1 heterocycles. The van der Waals surface area contributed by atoms with Crippen molar-refractivity contribution in [1.29, 1.82) is 0 Å². The Morgan fingerprint density at radius 3 is 2.62 bits per heavy atom. The van der Waals surface area contributed by atoms with Crippen LogP contribution in [0.15, 0.2) is 18.2 Å². The number of anilines is 1. The molecule has 1 aromatic carbocycles. The molecule has 0 aromatic heterocycles. The molecule has 1 aromatic rings. The van der Waals surface area contributed by atoms with Crippen molar-refractivity contribution in [1.82, 2.24) is 4.90 Å². The fraction of sp³-hybridized carbons (Fsp3) is 0.500. The van der Waals surface area contributed by atoms with Crippen LogP contribution in [-0.4, -0.2) is 35.6 Å². The predicted molar refractivity (Wildman–Crippen MR) is 96.3 cm³/mol. The molecule has 1 aliphatic rings. The third-order valence-corrected chi connectivity index (χ3v) is 3.69. The van der Waals surface area contributed by atoms with Gasteiger partial charge in [0.05, 0.1) is 10.9 Å². The van der Waals surface area contributed by atoms with Gasteiger partial charge < -0.3 is 15.0 Å². The normalized spacial score (nSPS) is 17.2. The first-order valence-electron chi connectivity index (χ1n) is 7.39. The summed E-state index contributed by atoms with van der Waals surface area (Å²) < 4.78 is 18.4. The summed E-state index contributed by atoms with van der Waals surface area (Å²) in [5.41, 5.74) is -0.139. The Balaban J connectivity index is 0.00000288. The molecular formula is C16H22ClFN2O3S. The van der Waals surface area contributed by atoms with Gasteiger partial charge in [-0.25, -0.2) is 9.18 Å². The molecular weight excluding hydrogens is 355 g/mol. The maximum Gasteiger partial charge on any atom is 0.410 e. The summed E-state index contributed by atoms with van der Waals surface area (Å²) in [7, 11) is 0. The van der Waals surface area contributed by atoms with Crippen LogP contribution in [0.5, 0.6) is 0 Å². The fourth-order valence-corrected chi connectivity index (χ4v) is 2.47. The summed E-state index contributed by atoms with van der Waals surface area (Å²) in [6.45, 7) is 6.16. The quantitative estimate of drug-likeness (QED) is 0.854. The number of benzene rings is 1.